The van der Waals surface area contributed by atoms with Crippen LogP contribution in [0.25, 0.3) is 0 Å². The van der Waals surface area contributed by atoms with E-state index in [0.29, 0.717) is 42.0 Å². The molecule has 3 aromatic carbocycles. The zero-order chi connectivity index (χ0) is 43.0. The van der Waals surface area contributed by atoms with Gasteiger partial charge in [0, 0.05) is 43.7 Å². The third kappa shape index (κ3) is 9.83. The van der Waals surface area contributed by atoms with Gasteiger partial charge in [-0.05, 0) is 106 Å². The van der Waals surface area contributed by atoms with E-state index < -0.39 is 40.2 Å². The van der Waals surface area contributed by atoms with Crippen molar-refractivity contribution in [1.82, 2.24) is 4.90 Å². The summed E-state index contributed by atoms with van der Waals surface area (Å²) in [5.74, 6) is -1.77. The van der Waals surface area contributed by atoms with Gasteiger partial charge in [-0.2, -0.15) is 0 Å². The summed E-state index contributed by atoms with van der Waals surface area (Å²) in [7, 11) is 1.31. The number of nitro groups is 1. The molecule has 3 aromatic rings. The van der Waals surface area contributed by atoms with Crippen LogP contribution in [-0.4, -0.2) is 76.2 Å². The molecule has 322 valence electrons. The predicted molar refractivity (Wildman–Crippen MR) is 223 cm³/mol. The molecule has 6 atom stereocenters. The lowest BCUT2D eigenvalue weighted by molar-refractivity contribution is -0.384. The quantitative estimate of drug-likeness (QED) is 0.0547. The van der Waals surface area contributed by atoms with Gasteiger partial charge >= 0.3 is 6.09 Å². The monoisotopic (exact) mass is 829 g/mol. The van der Waals surface area contributed by atoms with Crippen LogP contribution in [0.2, 0.25) is 0 Å². The van der Waals surface area contributed by atoms with E-state index in [1.807, 2.05) is 26.8 Å². The molecule has 0 spiro atoms. The highest BCUT2D eigenvalue weighted by atomic mass is 19.1. The van der Waals surface area contributed by atoms with E-state index >= 15 is 0 Å². The third-order valence-electron chi connectivity index (χ3n) is 11.4. The summed E-state index contributed by atoms with van der Waals surface area (Å²) in [4.78, 5) is 33.0. The molecule has 13 nitrogen and oxygen atoms in total. The lowest BCUT2D eigenvalue weighted by atomic mass is 9.55. The summed E-state index contributed by atoms with van der Waals surface area (Å²) < 4.78 is 40.1. The van der Waals surface area contributed by atoms with Crippen LogP contribution >= 0.6 is 0 Å². The van der Waals surface area contributed by atoms with Gasteiger partial charge < -0.3 is 34.0 Å². The van der Waals surface area contributed by atoms with Gasteiger partial charge in [-0.1, -0.05) is 48.3 Å². The zero-order valence-corrected chi connectivity index (χ0v) is 34.8. The van der Waals surface area contributed by atoms with E-state index in [2.05, 4.69) is 12.7 Å². The molecule has 1 aliphatic heterocycles. The average Bonchev–Trinajstić information content (AvgIpc) is 3.23. The van der Waals surface area contributed by atoms with Crippen molar-refractivity contribution >= 4 is 17.5 Å². The van der Waals surface area contributed by atoms with Crippen molar-refractivity contribution in [1.29, 1.82) is 0 Å². The fourth-order valence-electron chi connectivity index (χ4n) is 8.91. The number of unbranched alkanes of at least 4 members (excludes halogenated alkanes) is 2. The van der Waals surface area contributed by atoms with Crippen LogP contribution in [0.4, 0.5) is 14.9 Å². The number of carbonyl (C=O) groups excluding carboxylic acids is 1. The number of hydrogen-bond acceptors (Lipinski definition) is 11. The van der Waals surface area contributed by atoms with Crippen LogP contribution in [-0.2, 0) is 20.9 Å². The minimum Gasteiger partial charge on any atom is -0.459 e. The molecule has 6 unspecified atom stereocenters. The lowest BCUT2D eigenvalue weighted by Crippen LogP contribution is -2.70. The van der Waals surface area contributed by atoms with Gasteiger partial charge in [0.15, 0.2) is 0 Å². The molecule has 1 saturated carbocycles. The predicted octanol–water partition coefficient (Wildman–Crippen LogP) is 9.23. The topological polar surface area (TPSA) is 162 Å². The number of carbonyl (C=O) groups is 1. The molecule has 1 amide bonds. The Hall–Kier alpha value is -5.31. The minimum absolute atomic E-state index is 0.0109. The Kier molecular flexibility index (Phi) is 14.3. The molecule has 0 aromatic heterocycles. The highest BCUT2D eigenvalue weighted by molar-refractivity contribution is 6.03. The average molecular weight is 830 g/mol. The first-order valence-corrected chi connectivity index (χ1v) is 20.6. The number of fused-ring (bicyclic) bond motifs is 2. The number of hydrogen-bond donors (Lipinski definition) is 2. The Bertz CT molecular complexity index is 2050. The largest absolute Gasteiger partial charge is 0.459 e. The molecule has 1 heterocycles. The first kappa shape index (κ1) is 44.2. The molecular formula is C46H56FN3O10. The Morgan fingerprint density at radius 3 is 2.43 bits per heavy atom. The van der Waals surface area contributed by atoms with Gasteiger partial charge in [0.1, 0.15) is 34.7 Å². The SMILES string of the molecule is C=CCOC12Oc3ccc(Oc4cccc([N+](=O)[O-])c4)cc3C3C(CCCCO)C(CCCCO)C=C(C(=NOC(C)(C)C)CC1N(Cc1ccc(F)cc1)C(=O)OC)C32. The fraction of sp³-hybridized carbons (Fsp3) is 0.478. The van der Waals surface area contributed by atoms with Gasteiger partial charge in [0.05, 0.1) is 36.3 Å². The van der Waals surface area contributed by atoms with Crippen LogP contribution in [0.3, 0.4) is 0 Å². The second kappa shape index (κ2) is 19.4. The summed E-state index contributed by atoms with van der Waals surface area (Å²) in [5.41, 5.74) is 2.14. The second-order valence-electron chi connectivity index (χ2n) is 16.6. The second-order valence-corrected chi connectivity index (χ2v) is 16.6. The van der Waals surface area contributed by atoms with Gasteiger partial charge in [0.2, 0.25) is 5.79 Å². The maximum Gasteiger partial charge on any atom is 0.410 e. The van der Waals surface area contributed by atoms with Crippen molar-refractivity contribution in [2.24, 2.45) is 22.9 Å². The highest BCUT2D eigenvalue weighted by Gasteiger charge is 2.65. The van der Waals surface area contributed by atoms with Crippen molar-refractivity contribution in [3.05, 3.63) is 118 Å². The third-order valence-corrected chi connectivity index (χ3v) is 11.4. The number of allylic oxidation sites excluding steroid dienone is 1. The molecule has 2 N–H and O–H groups in total. The zero-order valence-electron chi connectivity index (χ0n) is 34.8. The standard InChI is InChI=1S/C46H56FN3O10/c1-6-24-57-46-41(49(44(53)56-5)29-30-16-18-32(47)19-17-30)28-39(48-60-45(2,3)4)37-25-31(12-7-9-22-51)36(15-8-10-23-52)42(43(37)46)38-27-35(20-21-40(38)59-46)58-34-14-11-13-33(26-34)50(54)55/h6,11,13-14,16-21,25-27,31,36,41-43,51-52H,1,7-10,12,15,22-24,28-29H2,2-5H3. The Morgan fingerprint density at radius 2 is 1.77 bits per heavy atom. The summed E-state index contributed by atoms with van der Waals surface area (Å²) in [5, 5.41) is 36.2. The lowest BCUT2D eigenvalue weighted by Gasteiger charge is -2.59. The van der Waals surface area contributed by atoms with Gasteiger partial charge in [-0.15, -0.1) is 6.58 Å². The van der Waals surface area contributed by atoms with Crippen molar-refractivity contribution < 1.29 is 48.1 Å². The number of aliphatic hydroxyl groups excluding tert-OH is 2. The van der Waals surface area contributed by atoms with Crippen molar-refractivity contribution in [3.63, 3.8) is 0 Å². The maximum absolute atomic E-state index is 14.2. The van der Waals surface area contributed by atoms with Crippen molar-refractivity contribution in [2.45, 2.75) is 95.6 Å². The number of nitrogens with zero attached hydrogens (tertiary/aromatic N) is 3. The summed E-state index contributed by atoms with van der Waals surface area (Å²) >= 11 is 0. The molecule has 3 aliphatic rings. The van der Waals surface area contributed by atoms with Crippen molar-refractivity contribution in [2.75, 3.05) is 26.9 Å². The van der Waals surface area contributed by atoms with E-state index in [0.717, 1.165) is 30.4 Å². The molecule has 6 rings (SSSR count). The number of amides is 1. The van der Waals surface area contributed by atoms with Gasteiger partial charge in [0.25, 0.3) is 5.69 Å². The molecule has 60 heavy (non-hydrogen) atoms. The molecule has 1 fully saturated rings. The Balaban J connectivity index is 1.61. The Morgan fingerprint density at radius 1 is 1.05 bits per heavy atom. The van der Waals surface area contributed by atoms with Gasteiger partial charge in [-0.25, -0.2) is 9.18 Å². The smallest absolute Gasteiger partial charge is 0.410 e. The molecule has 0 saturated heterocycles. The van der Waals surface area contributed by atoms with Crippen LogP contribution in [0.1, 0.15) is 82.8 Å². The maximum atomic E-state index is 14.2. The van der Waals surface area contributed by atoms with Crippen LogP contribution in [0.15, 0.2) is 96.2 Å². The van der Waals surface area contributed by atoms with Crippen LogP contribution in [0, 0.1) is 33.7 Å². The van der Waals surface area contributed by atoms with E-state index in [1.54, 1.807) is 47.4 Å². The number of aliphatic hydroxyl groups is 2. The number of benzene rings is 3. The number of oxime groups is 1. The van der Waals surface area contributed by atoms with E-state index in [-0.39, 0.29) is 62.0 Å². The normalized spacial score (nSPS) is 23.7. The molecule has 0 radical (unpaired) electrons. The van der Waals surface area contributed by atoms with Crippen LogP contribution in [0.5, 0.6) is 17.2 Å². The van der Waals surface area contributed by atoms with Crippen LogP contribution < -0.4 is 9.47 Å². The number of halogens is 1. The number of ether oxygens (including phenoxy) is 4. The first-order chi connectivity index (χ1) is 28.8. The van der Waals surface area contributed by atoms with Gasteiger partial charge in [-0.3, -0.25) is 15.0 Å². The summed E-state index contributed by atoms with van der Waals surface area (Å²) in [6.45, 7) is 9.85. The Labute approximate surface area is 350 Å². The number of non-ortho nitro benzene ring substituents is 1. The number of methoxy groups -OCH3 is 1. The number of rotatable bonds is 18. The fourth-order valence-corrected chi connectivity index (χ4v) is 8.91. The number of nitro benzene ring substituents is 1. The molecular weight excluding hydrogens is 774 g/mol. The molecule has 14 heteroatoms. The minimum atomic E-state index is -1.56. The highest BCUT2D eigenvalue weighted by Crippen LogP contribution is 2.62. The molecule has 2 aliphatic carbocycles. The summed E-state index contributed by atoms with van der Waals surface area (Å²) in [6, 6.07) is 16.5. The van der Waals surface area contributed by atoms with E-state index in [9.17, 15) is 29.5 Å². The van der Waals surface area contributed by atoms with Crippen molar-refractivity contribution in [3.8, 4) is 17.2 Å². The van der Waals surface area contributed by atoms with E-state index in [4.69, 9.17) is 28.9 Å². The summed E-state index contributed by atoms with van der Waals surface area (Å²) in [6.07, 6.45) is 7.54. The first-order valence-electron chi connectivity index (χ1n) is 20.6. The van der Waals surface area contributed by atoms with E-state index in [1.165, 1.54) is 31.4 Å². The molecule has 0 bridgehead atoms.